The van der Waals surface area contributed by atoms with Gasteiger partial charge in [-0.25, -0.2) is 5.90 Å². The van der Waals surface area contributed by atoms with Crippen molar-refractivity contribution in [1.29, 1.82) is 0 Å². The molecule has 0 fully saturated rings. The van der Waals surface area contributed by atoms with E-state index in [1.165, 1.54) is 0 Å². The molecule has 6 nitrogen and oxygen atoms in total. The fourth-order valence-corrected chi connectivity index (χ4v) is 1.26. The van der Waals surface area contributed by atoms with Crippen LogP contribution in [0.1, 0.15) is 30.1 Å². The first-order valence-electron chi connectivity index (χ1n) is 7.55. The van der Waals surface area contributed by atoms with Crippen LogP contribution in [0.3, 0.4) is 0 Å². The lowest BCUT2D eigenvalue weighted by molar-refractivity contribution is 0.0953. The first-order valence-corrected chi connectivity index (χ1v) is 7.55. The third-order valence-electron chi connectivity index (χ3n) is 2.43. The number of carbonyl (C=O) groups is 1. The highest BCUT2D eigenvalue weighted by molar-refractivity contribution is 5.94. The van der Waals surface area contributed by atoms with E-state index in [1.54, 1.807) is 0 Å². The molecule has 1 rings (SSSR count). The molecule has 6 heteroatoms. The molecule has 132 valence electrons. The molecule has 0 heterocycles. The summed E-state index contributed by atoms with van der Waals surface area (Å²) in [4.78, 5) is 15.4. The van der Waals surface area contributed by atoms with Crippen LogP contribution in [0.25, 0.3) is 0 Å². The molecule has 0 saturated heterocycles. The Morgan fingerprint density at radius 2 is 1.88 bits per heavy atom. The standard InChI is InChI=1S/C11H16N2O.C4H7N.C3H5NO/c1-3-8-13-11(14)9-4-6-10(12-2)7-5-9;1-2-3-4-5;1-2-3-5-4/h4-7,12H,3,8H2,1-2H3,(H,13,14);1H,3-5H2;1H,3-4H2. The molecule has 0 aromatic heterocycles. The molecule has 0 saturated carbocycles. The summed E-state index contributed by atoms with van der Waals surface area (Å²) in [6.45, 7) is 3.56. The predicted molar refractivity (Wildman–Crippen MR) is 100 cm³/mol. The van der Waals surface area contributed by atoms with Crippen LogP contribution in [0.4, 0.5) is 5.69 Å². The van der Waals surface area contributed by atoms with E-state index in [1.807, 2.05) is 38.2 Å². The third-order valence-corrected chi connectivity index (χ3v) is 2.43. The number of nitrogens with one attached hydrogen (secondary N) is 2. The lowest BCUT2D eigenvalue weighted by Crippen LogP contribution is -2.23. The van der Waals surface area contributed by atoms with Crippen molar-refractivity contribution < 1.29 is 9.63 Å². The Hall–Kier alpha value is -2.51. The van der Waals surface area contributed by atoms with Gasteiger partial charge in [-0.15, -0.1) is 18.8 Å². The summed E-state index contributed by atoms with van der Waals surface area (Å²) in [5.74, 6) is 9.05. The van der Waals surface area contributed by atoms with Crippen LogP contribution in [0, 0.1) is 24.7 Å². The number of hydrogen-bond acceptors (Lipinski definition) is 5. The van der Waals surface area contributed by atoms with Crippen molar-refractivity contribution in [2.45, 2.75) is 19.8 Å². The fourth-order valence-electron chi connectivity index (χ4n) is 1.26. The van der Waals surface area contributed by atoms with Crippen molar-refractivity contribution in [3.05, 3.63) is 29.8 Å². The van der Waals surface area contributed by atoms with Crippen molar-refractivity contribution >= 4 is 11.6 Å². The van der Waals surface area contributed by atoms with Gasteiger partial charge in [0, 0.05) is 37.8 Å². The monoisotopic (exact) mass is 332 g/mol. The Morgan fingerprint density at radius 3 is 2.17 bits per heavy atom. The number of terminal acetylenes is 2. The van der Waals surface area contributed by atoms with Crippen molar-refractivity contribution in [3.63, 3.8) is 0 Å². The summed E-state index contributed by atoms with van der Waals surface area (Å²) in [7, 11) is 1.85. The molecule has 0 atom stereocenters. The second-order valence-electron chi connectivity index (χ2n) is 4.34. The summed E-state index contributed by atoms with van der Waals surface area (Å²) < 4.78 is 0. The van der Waals surface area contributed by atoms with Gasteiger partial charge in [0.25, 0.3) is 5.91 Å². The molecule has 24 heavy (non-hydrogen) atoms. The largest absolute Gasteiger partial charge is 0.388 e. The first kappa shape index (κ1) is 23.8. The van der Waals surface area contributed by atoms with Crippen molar-refractivity contribution in [2.75, 3.05) is 32.1 Å². The Morgan fingerprint density at radius 1 is 1.25 bits per heavy atom. The lowest BCUT2D eigenvalue weighted by atomic mass is 10.2. The summed E-state index contributed by atoms with van der Waals surface area (Å²) in [6, 6.07) is 7.41. The number of anilines is 1. The van der Waals surface area contributed by atoms with E-state index in [2.05, 4.69) is 39.6 Å². The highest BCUT2D eigenvalue weighted by atomic mass is 16.6. The van der Waals surface area contributed by atoms with Gasteiger partial charge in [-0.05, 0) is 30.7 Å². The molecule has 0 bridgehead atoms. The molecule has 0 aliphatic heterocycles. The molecule has 1 amide bonds. The lowest BCUT2D eigenvalue weighted by Gasteiger charge is -2.04. The van der Waals surface area contributed by atoms with Crippen LogP contribution >= 0.6 is 0 Å². The van der Waals surface area contributed by atoms with Gasteiger partial charge in [0.15, 0.2) is 0 Å². The van der Waals surface area contributed by atoms with Gasteiger partial charge in [0.1, 0.15) is 6.61 Å². The zero-order valence-electron chi connectivity index (χ0n) is 14.5. The number of carbonyl (C=O) groups excluding carboxylic acids is 1. The summed E-state index contributed by atoms with van der Waals surface area (Å²) in [6.07, 6.45) is 11.1. The second kappa shape index (κ2) is 18.5. The van der Waals surface area contributed by atoms with Gasteiger partial charge < -0.3 is 16.4 Å². The van der Waals surface area contributed by atoms with E-state index < -0.39 is 0 Å². The molecular weight excluding hydrogens is 304 g/mol. The van der Waals surface area contributed by atoms with Gasteiger partial charge in [-0.2, -0.15) is 0 Å². The maximum absolute atomic E-state index is 11.5. The molecule has 0 aliphatic rings. The minimum absolute atomic E-state index is 0.00509. The fraction of sp³-hybridized carbons (Fsp3) is 0.389. The summed E-state index contributed by atoms with van der Waals surface area (Å²) in [5.41, 5.74) is 6.71. The van der Waals surface area contributed by atoms with Crippen LogP contribution in [-0.4, -0.2) is 32.7 Å². The van der Waals surface area contributed by atoms with E-state index in [-0.39, 0.29) is 12.5 Å². The van der Waals surface area contributed by atoms with E-state index in [9.17, 15) is 4.79 Å². The van der Waals surface area contributed by atoms with Crippen LogP contribution in [0.5, 0.6) is 0 Å². The SMILES string of the molecule is C#CCCN.C#CCON.CCCNC(=O)c1ccc(NC)cc1. The normalized spacial score (nSPS) is 8.25. The molecule has 1 aromatic carbocycles. The molecule has 0 unspecified atom stereocenters. The Balaban J connectivity index is 0. The van der Waals surface area contributed by atoms with E-state index >= 15 is 0 Å². The average Bonchev–Trinajstić information content (AvgIpc) is 2.62. The molecule has 6 N–H and O–H groups in total. The summed E-state index contributed by atoms with van der Waals surface area (Å²) in [5, 5.41) is 5.83. The van der Waals surface area contributed by atoms with Gasteiger partial charge in [0.2, 0.25) is 0 Å². The second-order valence-corrected chi connectivity index (χ2v) is 4.34. The molecule has 0 radical (unpaired) electrons. The maximum Gasteiger partial charge on any atom is 0.251 e. The molecule has 0 aliphatic carbocycles. The molecule has 0 spiro atoms. The average molecular weight is 332 g/mol. The van der Waals surface area contributed by atoms with Gasteiger partial charge in [0.05, 0.1) is 0 Å². The minimum Gasteiger partial charge on any atom is -0.388 e. The van der Waals surface area contributed by atoms with E-state index in [0.717, 1.165) is 18.7 Å². The minimum atomic E-state index is -0.00509. The predicted octanol–water partition coefficient (Wildman–Crippen LogP) is 1.35. The van der Waals surface area contributed by atoms with Crippen LogP contribution in [-0.2, 0) is 4.84 Å². The number of benzene rings is 1. The number of hydrogen-bond donors (Lipinski definition) is 4. The van der Waals surface area contributed by atoms with Crippen LogP contribution in [0.15, 0.2) is 24.3 Å². The quantitative estimate of drug-likeness (QED) is 0.465. The van der Waals surface area contributed by atoms with Crippen LogP contribution < -0.4 is 22.3 Å². The highest BCUT2D eigenvalue weighted by Crippen LogP contribution is 2.08. The Kier molecular flexibility index (Phi) is 18.3. The smallest absolute Gasteiger partial charge is 0.251 e. The molecular formula is C18H28N4O2. The van der Waals surface area contributed by atoms with Crippen molar-refractivity contribution in [1.82, 2.24) is 5.32 Å². The first-order chi connectivity index (χ1) is 11.6. The van der Waals surface area contributed by atoms with Gasteiger partial charge in [-0.3, -0.25) is 9.63 Å². The highest BCUT2D eigenvalue weighted by Gasteiger charge is 2.02. The number of nitrogens with two attached hydrogens (primary N) is 2. The Bertz CT molecular complexity index is 485. The number of rotatable bonds is 6. The third kappa shape index (κ3) is 14.4. The zero-order chi connectivity index (χ0) is 18.6. The zero-order valence-corrected chi connectivity index (χ0v) is 14.5. The van der Waals surface area contributed by atoms with Crippen molar-refractivity contribution in [3.8, 4) is 24.7 Å². The van der Waals surface area contributed by atoms with Crippen molar-refractivity contribution in [2.24, 2.45) is 11.6 Å². The van der Waals surface area contributed by atoms with Gasteiger partial charge >= 0.3 is 0 Å². The molecule has 1 aromatic rings. The summed E-state index contributed by atoms with van der Waals surface area (Å²) >= 11 is 0. The van der Waals surface area contributed by atoms with Gasteiger partial charge in [-0.1, -0.05) is 12.8 Å². The maximum atomic E-state index is 11.5. The Labute approximate surface area is 145 Å². The topological polar surface area (TPSA) is 102 Å². The van der Waals surface area contributed by atoms with Crippen LogP contribution in [0.2, 0.25) is 0 Å². The van der Waals surface area contributed by atoms with E-state index in [0.29, 0.717) is 18.5 Å². The number of amides is 1. The van der Waals surface area contributed by atoms with E-state index in [4.69, 9.17) is 12.2 Å².